The minimum Gasteiger partial charge on any atom is -0.452 e. The fraction of sp³-hybridized carbons (Fsp3) is 0.250. The Bertz CT molecular complexity index is 1160. The van der Waals surface area contributed by atoms with Gasteiger partial charge in [0.25, 0.3) is 5.89 Å². The number of benzene rings is 2. The summed E-state index contributed by atoms with van der Waals surface area (Å²) in [6, 6.07) is 12.5. The third-order valence-corrected chi connectivity index (χ3v) is 7.81. The van der Waals surface area contributed by atoms with Gasteiger partial charge in [0.15, 0.2) is 16.4 Å². The molecule has 0 bridgehead atoms. The van der Waals surface area contributed by atoms with E-state index in [9.17, 15) is 17.6 Å². The second-order valence-corrected chi connectivity index (χ2v) is 10.3. The first-order chi connectivity index (χ1) is 14.4. The Kier molecular flexibility index (Phi) is 5.87. The molecule has 0 unspecified atom stereocenters. The summed E-state index contributed by atoms with van der Waals surface area (Å²) >= 11 is 1.37. The van der Waals surface area contributed by atoms with Crippen LogP contribution in [0.1, 0.15) is 22.7 Å². The van der Waals surface area contributed by atoms with Gasteiger partial charge in [-0.05, 0) is 42.8 Å². The number of esters is 1. The summed E-state index contributed by atoms with van der Waals surface area (Å²) in [5.74, 6) is -0.294. The van der Waals surface area contributed by atoms with Crippen molar-refractivity contribution >= 4 is 27.6 Å². The van der Waals surface area contributed by atoms with E-state index in [1.165, 1.54) is 36.0 Å². The zero-order chi connectivity index (χ0) is 21.1. The maximum atomic E-state index is 13.0. The van der Waals surface area contributed by atoms with Crippen LogP contribution in [0.25, 0.3) is 11.4 Å². The number of thioether (sulfide) groups is 1. The van der Waals surface area contributed by atoms with Crippen LogP contribution in [0.5, 0.6) is 0 Å². The Balaban J connectivity index is 1.41. The normalized spacial score (nSPS) is 17.7. The molecule has 156 valence electrons. The van der Waals surface area contributed by atoms with Crippen LogP contribution in [0, 0.1) is 5.82 Å². The number of ether oxygens (including phenoxy) is 1. The van der Waals surface area contributed by atoms with Gasteiger partial charge in [0.05, 0.1) is 17.1 Å². The minimum absolute atomic E-state index is 0.0850. The lowest BCUT2D eigenvalue weighted by Gasteiger charge is -2.11. The summed E-state index contributed by atoms with van der Waals surface area (Å²) in [7, 11) is -3.00. The molecule has 7 nitrogen and oxygen atoms in total. The lowest BCUT2D eigenvalue weighted by Crippen LogP contribution is -2.10. The van der Waals surface area contributed by atoms with Crippen molar-refractivity contribution in [2.45, 2.75) is 23.2 Å². The molecule has 10 heteroatoms. The molecule has 1 fully saturated rings. The van der Waals surface area contributed by atoms with E-state index >= 15 is 0 Å². The number of hydrogen-bond donors (Lipinski definition) is 0. The predicted molar refractivity (Wildman–Crippen MR) is 108 cm³/mol. The van der Waals surface area contributed by atoms with Crippen LogP contribution in [0.3, 0.4) is 0 Å². The van der Waals surface area contributed by atoms with Crippen LogP contribution in [-0.2, 0) is 21.2 Å². The third kappa shape index (κ3) is 4.88. The molecular weight excluding hydrogens is 431 g/mol. The molecule has 1 atom stereocenters. The summed E-state index contributed by atoms with van der Waals surface area (Å²) in [5.41, 5.74) is 0.927. The quantitative estimate of drug-likeness (QED) is 0.528. The molecule has 0 saturated carbocycles. The molecule has 30 heavy (non-hydrogen) atoms. The highest BCUT2D eigenvalue weighted by Crippen LogP contribution is 2.33. The minimum atomic E-state index is -3.00. The first-order valence-corrected chi connectivity index (χ1v) is 11.8. The third-order valence-electron chi connectivity index (χ3n) is 4.49. The fourth-order valence-electron chi connectivity index (χ4n) is 3.01. The number of sulfone groups is 1. The summed E-state index contributed by atoms with van der Waals surface area (Å²) in [5, 5.41) is 3.72. The maximum absolute atomic E-state index is 13.0. The molecule has 0 aliphatic carbocycles. The molecule has 4 rings (SSSR count). The summed E-state index contributed by atoms with van der Waals surface area (Å²) in [4.78, 5) is 17.4. The molecule has 1 aliphatic heterocycles. The Hall–Kier alpha value is -2.72. The molecule has 1 aromatic heterocycles. The van der Waals surface area contributed by atoms with Crippen LogP contribution in [0.2, 0.25) is 0 Å². The van der Waals surface area contributed by atoms with E-state index < -0.39 is 15.8 Å². The zero-order valence-electron chi connectivity index (χ0n) is 15.7. The highest BCUT2D eigenvalue weighted by atomic mass is 32.2. The Labute approximate surface area is 176 Å². The topological polar surface area (TPSA) is 99.4 Å². The largest absolute Gasteiger partial charge is 0.452 e. The van der Waals surface area contributed by atoms with Crippen LogP contribution in [0.15, 0.2) is 57.9 Å². The van der Waals surface area contributed by atoms with Crippen molar-refractivity contribution in [3.05, 3.63) is 65.8 Å². The van der Waals surface area contributed by atoms with E-state index in [2.05, 4.69) is 10.1 Å². The van der Waals surface area contributed by atoms with Crippen LogP contribution in [0.4, 0.5) is 4.39 Å². The smallest absolute Gasteiger partial charge is 0.339 e. The van der Waals surface area contributed by atoms with Crippen molar-refractivity contribution < 1.29 is 26.9 Å². The van der Waals surface area contributed by atoms with E-state index in [0.29, 0.717) is 22.4 Å². The van der Waals surface area contributed by atoms with Crippen LogP contribution >= 0.6 is 11.8 Å². The summed E-state index contributed by atoms with van der Waals surface area (Å²) in [6.07, 6.45) is 0.560. The fourth-order valence-corrected chi connectivity index (χ4v) is 6.62. The van der Waals surface area contributed by atoms with Gasteiger partial charge in [0.2, 0.25) is 5.82 Å². The van der Waals surface area contributed by atoms with Crippen LogP contribution < -0.4 is 0 Å². The van der Waals surface area contributed by atoms with Crippen molar-refractivity contribution in [3.8, 4) is 11.4 Å². The van der Waals surface area contributed by atoms with Crippen molar-refractivity contribution in [2.75, 3.05) is 11.5 Å². The van der Waals surface area contributed by atoms with Gasteiger partial charge in [-0.2, -0.15) is 4.98 Å². The predicted octanol–water partition coefficient (Wildman–Crippen LogP) is 3.51. The number of nitrogens with zero attached hydrogens (tertiary/aromatic N) is 2. The van der Waals surface area contributed by atoms with E-state index in [1.54, 1.807) is 24.3 Å². The first-order valence-electron chi connectivity index (χ1n) is 9.11. The SMILES string of the molecule is O=C(OCc1nc(-c2ccc(F)cc2)no1)c1ccccc1S[C@@H]1CCS(=O)(=O)C1. The Morgan fingerprint density at radius 3 is 2.70 bits per heavy atom. The molecule has 0 spiro atoms. The molecule has 2 aromatic carbocycles. The highest BCUT2D eigenvalue weighted by molar-refractivity contribution is 8.02. The number of carbonyl (C=O) groups is 1. The zero-order valence-corrected chi connectivity index (χ0v) is 17.3. The average molecular weight is 448 g/mol. The lowest BCUT2D eigenvalue weighted by atomic mass is 10.2. The summed E-state index contributed by atoms with van der Waals surface area (Å²) < 4.78 is 46.8. The van der Waals surface area contributed by atoms with Crippen molar-refractivity contribution in [1.29, 1.82) is 0 Å². The van der Waals surface area contributed by atoms with Gasteiger partial charge in [-0.25, -0.2) is 17.6 Å². The number of hydrogen-bond acceptors (Lipinski definition) is 8. The van der Waals surface area contributed by atoms with Crippen molar-refractivity contribution in [2.24, 2.45) is 0 Å². The first kappa shape index (κ1) is 20.5. The van der Waals surface area contributed by atoms with E-state index in [-0.39, 0.29) is 40.9 Å². The van der Waals surface area contributed by atoms with Gasteiger partial charge < -0.3 is 9.26 Å². The van der Waals surface area contributed by atoms with E-state index in [4.69, 9.17) is 9.26 Å². The summed E-state index contributed by atoms with van der Waals surface area (Å²) in [6.45, 7) is -0.218. The molecule has 0 amide bonds. The molecule has 1 saturated heterocycles. The number of rotatable bonds is 6. The van der Waals surface area contributed by atoms with Gasteiger partial charge in [-0.15, -0.1) is 11.8 Å². The Morgan fingerprint density at radius 2 is 1.97 bits per heavy atom. The van der Waals surface area contributed by atoms with Gasteiger partial charge in [0.1, 0.15) is 5.82 Å². The molecule has 3 aromatic rings. The van der Waals surface area contributed by atoms with Gasteiger partial charge >= 0.3 is 5.97 Å². The van der Waals surface area contributed by atoms with E-state index in [0.717, 1.165) is 0 Å². The average Bonchev–Trinajstić information content (AvgIpc) is 3.33. The number of aromatic nitrogens is 2. The molecule has 1 aliphatic rings. The lowest BCUT2D eigenvalue weighted by molar-refractivity contribution is 0.0425. The van der Waals surface area contributed by atoms with Gasteiger partial charge in [-0.3, -0.25) is 0 Å². The van der Waals surface area contributed by atoms with Crippen molar-refractivity contribution in [3.63, 3.8) is 0 Å². The van der Waals surface area contributed by atoms with Crippen LogP contribution in [-0.4, -0.2) is 41.3 Å². The van der Waals surface area contributed by atoms with E-state index in [1.807, 2.05) is 0 Å². The van der Waals surface area contributed by atoms with Crippen molar-refractivity contribution in [1.82, 2.24) is 10.1 Å². The number of carbonyl (C=O) groups excluding carboxylic acids is 1. The second-order valence-electron chi connectivity index (χ2n) is 6.73. The maximum Gasteiger partial charge on any atom is 0.339 e. The highest BCUT2D eigenvalue weighted by Gasteiger charge is 2.29. The Morgan fingerprint density at radius 1 is 1.20 bits per heavy atom. The second kappa shape index (κ2) is 8.57. The molecule has 0 N–H and O–H groups in total. The molecule has 0 radical (unpaired) electrons. The van der Waals surface area contributed by atoms with Gasteiger partial charge in [0, 0.05) is 15.7 Å². The molecular formula is C20H17FN2O5S2. The number of halogens is 1. The monoisotopic (exact) mass is 448 g/mol. The standard InChI is InChI=1S/C20H17FN2O5S2/c21-14-7-5-13(6-8-14)19-22-18(28-23-19)11-27-20(24)16-3-1-2-4-17(16)29-15-9-10-30(25,26)12-15/h1-8,15H,9-12H2/t15-/m1/s1. The van der Waals surface area contributed by atoms with Gasteiger partial charge in [-0.1, -0.05) is 17.3 Å². The molecule has 2 heterocycles.